The maximum atomic E-state index is 11.9. The van der Waals surface area contributed by atoms with Gasteiger partial charge in [-0.05, 0) is 24.6 Å². The van der Waals surface area contributed by atoms with Crippen molar-refractivity contribution < 1.29 is 27.5 Å². The van der Waals surface area contributed by atoms with Crippen LogP contribution >= 0.6 is 0 Å². The summed E-state index contributed by atoms with van der Waals surface area (Å²) < 4.78 is 32.3. The monoisotopic (exact) mass is 343 g/mol. The molecule has 8 heteroatoms. The fraction of sp³-hybridized carbons (Fsp3) is 0.467. The molecule has 0 saturated heterocycles. The summed E-state index contributed by atoms with van der Waals surface area (Å²) in [5.74, 6) is -1.16. The van der Waals surface area contributed by atoms with Crippen LogP contribution in [0, 0.1) is 0 Å². The van der Waals surface area contributed by atoms with E-state index in [9.17, 15) is 18.0 Å². The number of hydrogen-bond acceptors (Lipinski definition) is 6. The minimum absolute atomic E-state index is 0.0966. The van der Waals surface area contributed by atoms with Gasteiger partial charge in [-0.3, -0.25) is 4.79 Å². The van der Waals surface area contributed by atoms with Gasteiger partial charge in [0.2, 0.25) is 0 Å². The number of amides is 1. The van der Waals surface area contributed by atoms with Gasteiger partial charge in [-0.1, -0.05) is 12.1 Å². The van der Waals surface area contributed by atoms with E-state index in [4.69, 9.17) is 9.47 Å². The summed E-state index contributed by atoms with van der Waals surface area (Å²) >= 11 is 0. The third kappa shape index (κ3) is 7.25. The molecule has 1 aromatic carbocycles. The topological polar surface area (TPSA) is 98.8 Å². The number of carbonyl (C=O) groups is 2. The van der Waals surface area contributed by atoms with Crippen molar-refractivity contribution in [1.82, 2.24) is 5.32 Å². The van der Waals surface area contributed by atoms with Gasteiger partial charge in [0.25, 0.3) is 5.91 Å². The molecule has 0 unspecified atom stereocenters. The molecule has 0 saturated carbocycles. The molecule has 1 rings (SSSR count). The molecule has 0 heterocycles. The zero-order chi connectivity index (χ0) is 17.5. The lowest BCUT2D eigenvalue weighted by molar-refractivity contribution is -0.129. The highest BCUT2D eigenvalue weighted by Gasteiger charge is 2.18. The molecule has 23 heavy (non-hydrogen) atoms. The average molecular weight is 343 g/mol. The Balaban J connectivity index is 2.59. The molecule has 0 radical (unpaired) electrons. The van der Waals surface area contributed by atoms with E-state index in [0.717, 1.165) is 6.26 Å². The Morgan fingerprint density at radius 3 is 2.35 bits per heavy atom. The van der Waals surface area contributed by atoms with Gasteiger partial charge in [-0.2, -0.15) is 0 Å². The van der Waals surface area contributed by atoms with Crippen LogP contribution < -0.4 is 5.32 Å². The molecule has 0 aliphatic rings. The van der Waals surface area contributed by atoms with E-state index in [2.05, 4.69) is 5.32 Å². The highest BCUT2D eigenvalue weighted by molar-refractivity contribution is 7.89. The van der Waals surface area contributed by atoms with Gasteiger partial charge in [0.1, 0.15) is 0 Å². The Morgan fingerprint density at radius 1 is 1.22 bits per heavy atom. The lowest BCUT2D eigenvalue weighted by Crippen LogP contribution is -2.37. The molecule has 0 fully saturated rings. The number of carbonyl (C=O) groups excluding carboxylic acids is 2. The fourth-order valence-corrected chi connectivity index (χ4v) is 2.54. The Hall–Kier alpha value is -1.93. The van der Waals surface area contributed by atoms with Gasteiger partial charge in [0.05, 0.1) is 17.9 Å². The second-order valence-corrected chi connectivity index (χ2v) is 7.24. The smallest absolute Gasteiger partial charge is 0.338 e. The van der Waals surface area contributed by atoms with Crippen molar-refractivity contribution in [2.75, 3.05) is 26.5 Å². The summed E-state index contributed by atoms with van der Waals surface area (Å²) in [6.07, 6.45) is 0.203. The molecular formula is C15H21NO6S. The van der Waals surface area contributed by atoms with Crippen LogP contribution in [0.15, 0.2) is 24.3 Å². The van der Waals surface area contributed by atoms with Gasteiger partial charge in [0, 0.05) is 19.9 Å². The summed E-state index contributed by atoms with van der Waals surface area (Å²) in [5, 5.41) is 2.57. The predicted octanol–water partition coefficient (Wildman–Crippen LogP) is 0.539. The van der Waals surface area contributed by atoms with Crippen molar-refractivity contribution in [3.8, 4) is 0 Å². The normalized spacial score (nSPS) is 12.5. The zero-order valence-electron chi connectivity index (χ0n) is 13.4. The van der Waals surface area contributed by atoms with E-state index >= 15 is 0 Å². The molecule has 0 spiro atoms. The van der Waals surface area contributed by atoms with Crippen molar-refractivity contribution in [3.05, 3.63) is 35.4 Å². The van der Waals surface area contributed by atoms with Gasteiger partial charge in [-0.15, -0.1) is 0 Å². The summed E-state index contributed by atoms with van der Waals surface area (Å²) in [6.45, 7) is 2.17. The molecule has 7 nitrogen and oxygen atoms in total. The van der Waals surface area contributed by atoms with Crippen LogP contribution in [0.2, 0.25) is 0 Å². The van der Waals surface area contributed by atoms with Crippen LogP contribution in [0.1, 0.15) is 22.8 Å². The fourth-order valence-electron chi connectivity index (χ4n) is 1.74. The molecule has 0 aliphatic carbocycles. The Labute approximate surface area is 135 Å². The number of ether oxygens (including phenoxy) is 2. The van der Waals surface area contributed by atoms with E-state index in [1.807, 2.05) is 0 Å². The van der Waals surface area contributed by atoms with Crippen molar-refractivity contribution in [2.24, 2.45) is 0 Å². The molecule has 1 amide bonds. The second-order valence-electron chi connectivity index (χ2n) is 5.10. The molecule has 1 N–H and O–H groups in total. The first kappa shape index (κ1) is 19.1. The van der Waals surface area contributed by atoms with E-state index in [-0.39, 0.29) is 11.3 Å². The maximum Gasteiger partial charge on any atom is 0.338 e. The lowest BCUT2D eigenvalue weighted by atomic mass is 10.1. The van der Waals surface area contributed by atoms with Gasteiger partial charge in [0.15, 0.2) is 15.9 Å². The number of sulfone groups is 1. The first-order chi connectivity index (χ1) is 10.7. The lowest BCUT2D eigenvalue weighted by Gasteiger charge is -2.13. The van der Waals surface area contributed by atoms with Crippen LogP contribution in [-0.2, 0) is 29.9 Å². The highest BCUT2D eigenvalue weighted by atomic mass is 32.2. The van der Waals surface area contributed by atoms with Gasteiger partial charge >= 0.3 is 5.97 Å². The van der Waals surface area contributed by atoms with Gasteiger partial charge in [-0.25, -0.2) is 13.2 Å². The van der Waals surface area contributed by atoms with E-state index in [1.54, 1.807) is 12.1 Å². The molecule has 0 aliphatic heterocycles. The van der Waals surface area contributed by atoms with Crippen molar-refractivity contribution in [1.29, 1.82) is 0 Å². The average Bonchev–Trinajstić information content (AvgIpc) is 2.46. The summed E-state index contributed by atoms with van der Waals surface area (Å²) in [6, 6.07) is 6.03. The van der Waals surface area contributed by atoms with E-state index in [1.165, 1.54) is 26.2 Å². The van der Waals surface area contributed by atoms with E-state index < -0.39 is 27.8 Å². The van der Waals surface area contributed by atoms with Crippen LogP contribution in [0.25, 0.3) is 0 Å². The molecule has 128 valence electrons. The van der Waals surface area contributed by atoms with Crippen LogP contribution in [-0.4, -0.2) is 52.9 Å². The maximum absolute atomic E-state index is 11.9. The molecular weight excluding hydrogens is 322 g/mol. The zero-order valence-corrected chi connectivity index (χ0v) is 14.2. The third-order valence-electron chi connectivity index (χ3n) is 2.88. The standard InChI is InChI=1S/C15H21NO6S/c1-11(14(17)16-8-9-21-2)22-15(18)13-6-4-12(5-7-13)10-23(3,19)20/h4-7,11H,8-10H2,1-3H3,(H,16,17)/t11-/m0/s1. The number of methoxy groups -OCH3 is 1. The highest BCUT2D eigenvalue weighted by Crippen LogP contribution is 2.10. The molecule has 1 aromatic rings. The number of benzene rings is 1. The largest absolute Gasteiger partial charge is 0.449 e. The SMILES string of the molecule is COCCNC(=O)[C@H](C)OC(=O)c1ccc(CS(C)(=O)=O)cc1. The number of rotatable bonds is 8. The summed E-state index contributed by atoms with van der Waals surface area (Å²) in [5.41, 5.74) is 0.827. The minimum atomic E-state index is -3.13. The molecule has 0 aromatic heterocycles. The summed E-state index contributed by atoms with van der Waals surface area (Å²) in [7, 11) is -1.61. The van der Waals surface area contributed by atoms with Crippen molar-refractivity contribution in [3.63, 3.8) is 0 Å². The molecule has 0 bridgehead atoms. The quantitative estimate of drug-likeness (QED) is 0.546. The van der Waals surface area contributed by atoms with E-state index in [0.29, 0.717) is 18.7 Å². The second kappa shape index (κ2) is 8.64. The Bertz CT molecular complexity index is 638. The van der Waals surface area contributed by atoms with Crippen LogP contribution in [0.5, 0.6) is 0 Å². The predicted molar refractivity (Wildman–Crippen MR) is 84.8 cm³/mol. The van der Waals surface area contributed by atoms with Gasteiger partial charge < -0.3 is 14.8 Å². The third-order valence-corrected chi connectivity index (χ3v) is 3.73. The number of esters is 1. The van der Waals surface area contributed by atoms with Crippen LogP contribution in [0.4, 0.5) is 0 Å². The number of hydrogen-bond donors (Lipinski definition) is 1. The number of nitrogens with one attached hydrogen (secondary N) is 1. The first-order valence-electron chi connectivity index (χ1n) is 6.97. The Kier molecular flexibility index (Phi) is 7.18. The molecule has 1 atom stereocenters. The first-order valence-corrected chi connectivity index (χ1v) is 9.03. The minimum Gasteiger partial charge on any atom is -0.449 e. The summed E-state index contributed by atoms with van der Waals surface area (Å²) in [4.78, 5) is 23.6. The van der Waals surface area contributed by atoms with Crippen molar-refractivity contribution in [2.45, 2.75) is 18.8 Å². The van der Waals surface area contributed by atoms with Crippen molar-refractivity contribution >= 4 is 21.7 Å². The Morgan fingerprint density at radius 2 is 1.83 bits per heavy atom. The van der Waals surface area contributed by atoms with Crippen LogP contribution in [0.3, 0.4) is 0 Å².